The second-order valence-electron chi connectivity index (χ2n) is 8.04. The third-order valence-electron chi connectivity index (χ3n) is 5.15. The number of morpholine rings is 1. The number of carbonyl (C=O) groups is 3. The van der Waals surface area contributed by atoms with Crippen LogP contribution in [0.15, 0.2) is 30.4 Å². The molecule has 2 aliphatic rings. The van der Waals surface area contributed by atoms with Gasteiger partial charge >= 0.3 is 5.97 Å². The van der Waals surface area contributed by atoms with Crippen molar-refractivity contribution in [2.24, 2.45) is 0 Å². The summed E-state index contributed by atoms with van der Waals surface area (Å²) in [5.41, 5.74) is 0.369. The van der Waals surface area contributed by atoms with Crippen LogP contribution in [0.2, 0.25) is 0 Å². The van der Waals surface area contributed by atoms with Crippen LogP contribution in [0, 0.1) is 0 Å². The van der Waals surface area contributed by atoms with Crippen molar-refractivity contribution >= 4 is 23.9 Å². The van der Waals surface area contributed by atoms with E-state index in [1.165, 1.54) is 18.2 Å². The number of ether oxygens (including phenoxy) is 3. The smallest absolute Gasteiger partial charge is 0.342 e. The number of carbonyl (C=O) groups excluding carboxylic acids is 3. The number of imide groups is 1. The molecule has 0 bridgehead atoms. The number of rotatable bonds is 10. The van der Waals surface area contributed by atoms with E-state index in [1.807, 2.05) is 0 Å². The zero-order valence-electron chi connectivity index (χ0n) is 19.0. The van der Waals surface area contributed by atoms with Gasteiger partial charge in [-0.05, 0) is 31.9 Å². The molecular weight excluding hydrogens is 428 g/mol. The van der Waals surface area contributed by atoms with E-state index < -0.39 is 17.8 Å². The Morgan fingerprint density at radius 1 is 1.18 bits per heavy atom. The standard InChI is InChI=1S/C24H30N2O7/c1-17(2)33-24(30)23-18(5-3-9-26-21(28)6-7-22(26)29)15-19(16-20(23)27)32-12-4-8-25-10-13-31-14-11-25/h3,5-7,15-17,27H,4,8-14H2,1-2H3. The first-order chi connectivity index (χ1) is 15.8. The van der Waals surface area contributed by atoms with Crippen molar-refractivity contribution < 1.29 is 33.7 Å². The molecule has 9 heteroatoms. The molecule has 2 heterocycles. The van der Waals surface area contributed by atoms with Gasteiger partial charge in [0.15, 0.2) is 0 Å². The third-order valence-corrected chi connectivity index (χ3v) is 5.15. The van der Waals surface area contributed by atoms with E-state index in [1.54, 1.807) is 32.1 Å². The Labute approximate surface area is 193 Å². The predicted molar refractivity (Wildman–Crippen MR) is 121 cm³/mol. The Bertz CT molecular complexity index is 915. The largest absolute Gasteiger partial charge is 0.507 e. The van der Waals surface area contributed by atoms with Crippen molar-refractivity contribution in [2.75, 3.05) is 46.0 Å². The highest BCUT2D eigenvalue weighted by Gasteiger charge is 2.23. The van der Waals surface area contributed by atoms with Crippen molar-refractivity contribution in [2.45, 2.75) is 26.4 Å². The highest BCUT2D eigenvalue weighted by Crippen LogP contribution is 2.30. The lowest BCUT2D eigenvalue weighted by Crippen LogP contribution is -2.37. The molecule has 1 aromatic rings. The summed E-state index contributed by atoms with van der Waals surface area (Å²) < 4.78 is 16.4. The zero-order chi connectivity index (χ0) is 23.8. The molecule has 0 radical (unpaired) electrons. The Balaban J connectivity index is 1.70. The molecule has 33 heavy (non-hydrogen) atoms. The van der Waals surface area contributed by atoms with Gasteiger partial charge in [-0.2, -0.15) is 0 Å². The minimum atomic E-state index is -0.670. The minimum absolute atomic E-state index is 0.00202. The van der Waals surface area contributed by atoms with Gasteiger partial charge in [-0.3, -0.25) is 19.4 Å². The van der Waals surface area contributed by atoms with Crippen LogP contribution < -0.4 is 4.74 Å². The average Bonchev–Trinajstić information content (AvgIpc) is 3.09. The molecule has 178 valence electrons. The highest BCUT2D eigenvalue weighted by atomic mass is 16.5. The van der Waals surface area contributed by atoms with Gasteiger partial charge in [0, 0.05) is 44.4 Å². The molecule has 0 atom stereocenters. The summed E-state index contributed by atoms with van der Waals surface area (Å²) in [6.07, 6.45) is 5.99. The van der Waals surface area contributed by atoms with Gasteiger partial charge in [0.25, 0.3) is 11.8 Å². The molecule has 0 unspecified atom stereocenters. The maximum Gasteiger partial charge on any atom is 0.342 e. The van der Waals surface area contributed by atoms with E-state index in [2.05, 4.69) is 4.90 Å². The Hall–Kier alpha value is -3.17. The summed E-state index contributed by atoms with van der Waals surface area (Å²) >= 11 is 0. The lowest BCUT2D eigenvalue weighted by Gasteiger charge is -2.26. The van der Waals surface area contributed by atoms with Gasteiger partial charge in [0.2, 0.25) is 0 Å². The SMILES string of the molecule is CC(C)OC(=O)c1c(O)cc(OCCCN2CCOCC2)cc1C=CCN1C(=O)C=CC1=O. The highest BCUT2D eigenvalue weighted by molar-refractivity contribution is 6.13. The fourth-order valence-electron chi connectivity index (χ4n) is 3.53. The molecular formula is C24H30N2O7. The molecule has 1 aromatic carbocycles. The Morgan fingerprint density at radius 2 is 1.88 bits per heavy atom. The fourth-order valence-corrected chi connectivity index (χ4v) is 3.53. The number of phenolic OH excluding ortho intramolecular Hbond substituents is 1. The molecule has 2 amide bonds. The Kier molecular flexibility index (Phi) is 8.62. The molecule has 1 saturated heterocycles. The molecule has 0 aromatic heterocycles. The first-order valence-corrected chi connectivity index (χ1v) is 11.1. The summed E-state index contributed by atoms with van der Waals surface area (Å²) in [6.45, 7) is 8.08. The number of nitrogens with zero attached hydrogens (tertiary/aromatic N) is 2. The maximum absolute atomic E-state index is 12.6. The number of phenols is 1. The van der Waals surface area contributed by atoms with Gasteiger partial charge in [0.05, 0.1) is 25.9 Å². The minimum Gasteiger partial charge on any atom is -0.507 e. The first-order valence-electron chi connectivity index (χ1n) is 11.1. The monoisotopic (exact) mass is 458 g/mol. The van der Waals surface area contributed by atoms with Crippen LogP contribution in [0.25, 0.3) is 6.08 Å². The molecule has 2 aliphatic heterocycles. The summed E-state index contributed by atoms with van der Waals surface area (Å²) in [5.74, 6) is -1.32. The number of hydrogen-bond donors (Lipinski definition) is 1. The lowest BCUT2D eigenvalue weighted by atomic mass is 10.0. The number of amides is 2. The van der Waals surface area contributed by atoms with Crippen LogP contribution in [0.4, 0.5) is 0 Å². The molecule has 1 N–H and O–H groups in total. The molecule has 0 spiro atoms. The maximum atomic E-state index is 12.6. The summed E-state index contributed by atoms with van der Waals surface area (Å²) in [7, 11) is 0. The van der Waals surface area contributed by atoms with Gasteiger partial charge in [0.1, 0.15) is 17.1 Å². The zero-order valence-corrected chi connectivity index (χ0v) is 19.0. The van der Waals surface area contributed by atoms with Crippen molar-refractivity contribution in [3.05, 3.63) is 41.5 Å². The van der Waals surface area contributed by atoms with Crippen LogP contribution in [-0.4, -0.2) is 84.8 Å². The Morgan fingerprint density at radius 3 is 2.55 bits per heavy atom. The van der Waals surface area contributed by atoms with Crippen molar-refractivity contribution in [1.82, 2.24) is 9.80 Å². The average molecular weight is 459 g/mol. The van der Waals surface area contributed by atoms with Gasteiger partial charge in [-0.1, -0.05) is 12.2 Å². The van der Waals surface area contributed by atoms with Crippen molar-refractivity contribution in [1.29, 1.82) is 0 Å². The van der Waals surface area contributed by atoms with Gasteiger partial charge in [-0.15, -0.1) is 0 Å². The van der Waals surface area contributed by atoms with Crippen LogP contribution >= 0.6 is 0 Å². The van der Waals surface area contributed by atoms with E-state index >= 15 is 0 Å². The van der Waals surface area contributed by atoms with Crippen molar-refractivity contribution in [3.63, 3.8) is 0 Å². The van der Waals surface area contributed by atoms with Crippen LogP contribution in [-0.2, 0) is 19.1 Å². The molecule has 3 rings (SSSR count). The van der Waals surface area contributed by atoms with E-state index in [0.29, 0.717) is 17.9 Å². The van der Waals surface area contributed by atoms with E-state index in [9.17, 15) is 19.5 Å². The lowest BCUT2D eigenvalue weighted by molar-refractivity contribution is -0.136. The van der Waals surface area contributed by atoms with Crippen LogP contribution in [0.3, 0.4) is 0 Å². The molecule has 0 aliphatic carbocycles. The fraction of sp³-hybridized carbons (Fsp3) is 0.458. The number of aromatic hydroxyl groups is 1. The quantitative estimate of drug-likeness (QED) is 0.322. The predicted octanol–water partition coefficient (Wildman–Crippen LogP) is 2.00. The molecule has 1 fully saturated rings. The topological polar surface area (TPSA) is 106 Å². The van der Waals surface area contributed by atoms with Crippen molar-refractivity contribution in [3.8, 4) is 11.5 Å². The van der Waals surface area contributed by atoms with Crippen LogP contribution in [0.1, 0.15) is 36.2 Å². The molecule has 9 nitrogen and oxygen atoms in total. The third kappa shape index (κ3) is 6.90. The van der Waals surface area contributed by atoms with Gasteiger partial charge < -0.3 is 19.3 Å². The number of benzene rings is 1. The second kappa shape index (κ2) is 11.6. The molecule has 0 saturated carbocycles. The van der Waals surface area contributed by atoms with Crippen LogP contribution in [0.5, 0.6) is 11.5 Å². The summed E-state index contributed by atoms with van der Waals surface area (Å²) in [4.78, 5) is 39.4. The van der Waals surface area contributed by atoms with E-state index in [4.69, 9.17) is 14.2 Å². The number of hydrogen-bond acceptors (Lipinski definition) is 8. The summed E-state index contributed by atoms with van der Waals surface area (Å²) in [6, 6.07) is 3.02. The first kappa shape index (κ1) is 24.5. The van der Waals surface area contributed by atoms with E-state index in [-0.39, 0.29) is 24.0 Å². The normalized spacial score (nSPS) is 16.9. The summed E-state index contributed by atoms with van der Waals surface area (Å²) in [5, 5.41) is 10.5. The second-order valence-corrected chi connectivity index (χ2v) is 8.04. The van der Waals surface area contributed by atoms with Gasteiger partial charge in [-0.25, -0.2) is 4.79 Å². The number of esters is 1. The van der Waals surface area contributed by atoms with E-state index in [0.717, 1.165) is 44.2 Å².